The largest absolute Gasteiger partial charge is 0.234 e. The second-order valence-electron chi connectivity index (χ2n) is 11.8. The van der Waals surface area contributed by atoms with Gasteiger partial charge in [0.05, 0.1) is 13.2 Å². The van der Waals surface area contributed by atoms with Crippen molar-refractivity contribution in [3.63, 3.8) is 0 Å². The van der Waals surface area contributed by atoms with Crippen LogP contribution in [0, 0.1) is 11.3 Å². The highest BCUT2D eigenvalue weighted by molar-refractivity contribution is 4.84. The minimum atomic E-state index is -0.734. The highest BCUT2D eigenvalue weighted by atomic mass is 17.3. The van der Waals surface area contributed by atoms with Gasteiger partial charge in [-0.3, -0.25) is 0 Å². The molecule has 1 rings (SSSR count). The first-order valence-corrected chi connectivity index (χ1v) is 15.0. The van der Waals surface area contributed by atoms with Crippen molar-refractivity contribution in [2.24, 2.45) is 11.3 Å². The van der Waals surface area contributed by atoms with Crippen LogP contribution in [-0.2, 0) is 19.6 Å². The zero-order valence-electron chi connectivity index (χ0n) is 23.8. The molecule has 0 aromatic carbocycles. The lowest BCUT2D eigenvalue weighted by Crippen LogP contribution is -2.42. The van der Waals surface area contributed by atoms with Crippen molar-refractivity contribution in [2.75, 3.05) is 13.2 Å². The van der Waals surface area contributed by atoms with E-state index in [4.69, 9.17) is 19.6 Å². The number of hydrogen-bond acceptors (Lipinski definition) is 4. The SMILES string of the molecule is CCCCCCCCCCOOC1(OOCCCCCCCCCC)CCC(C(C)(C)C)CC1. The van der Waals surface area contributed by atoms with Crippen molar-refractivity contribution in [3.05, 3.63) is 0 Å². The first-order valence-electron chi connectivity index (χ1n) is 15.0. The Labute approximate surface area is 213 Å². The third kappa shape index (κ3) is 15.8. The molecule has 0 saturated heterocycles. The maximum Gasteiger partial charge on any atom is 0.234 e. The molecule has 0 aromatic heterocycles. The lowest BCUT2D eigenvalue weighted by molar-refractivity contribution is -0.518. The van der Waals surface area contributed by atoms with Crippen LogP contribution in [0.15, 0.2) is 0 Å². The Balaban J connectivity index is 2.25. The van der Waals surface area contributed by atoms with Gasteiger partial charge in [0.25, 0.3) is 0 Å². The Kier molecular flexibility index (Phi) is 18.7. The zero-order chi connectivity index (χ0) is 25.0. The van der Waals surface area contributed by atoms with Crippen LogP contribution in [0.5, 0.6) is 0 Å². The van der Waals surface area contributed by atoms with Crippen molar-refractivity contribution >= 4 is 0 Å². The fourth-order valence-electron chi connectivity index (χ4n) is 4.99. The predicted octanol–water partition coefficient (Wildman–Crippen LogP) is 10.1. The van der Waals surface area contributed by atoms with Crippen LogP contribution >= 0.6 is 0 Å². The third-order valence-corrected chi connectivity index (χ3v) is 7.56. The molecule has 4 heteroatoms. The number of hydrogen-bond donors (Lipinski definition) is 0. The molecule has 0 unspecified atom stereocenters. The maximum atomic E-state index is 5.93. The molecule has 0 radical (unpaired) electrons. The molecular weight excluding hydrogens is 424 g/mol. The van der Waals surface area contributed by atoms with Crippen molar-refractivity contribution in [3.8, 4) is 0 Å². The maximum absolute atomic E-state index is 5.93. The predicted molar refractivity (Wildman–Crippen MR) is 143 cm³/mol. The number of rotatable bonds is 22. The summed E-state index contributed by atoms with van der Waals surface area (Å²) in [5.74, 6) is -0.0459. The lowest BCUT2D eigenvalue weighted by atomic mass is 9.71. The lowest BCUT2D eigenvalue weighted by Gasteiger charge is -2.41. The minimum absolute atomic E-state index is 0.322. The van der Waals surface area contributed by atoms with E-state index in [0.717, 1.165) is 38.5 Å². The van der Waals surface area contributed by atoms with Gasteiger partial charge in [0.1, 0.15) is 0 Å². The average molecular weight is 485 g/mol. The quantitative estimate of drug-likeness (QED) is 0.0662. The van der Waals surface area contributed by atoms with Gasteiger partial charge >= 0.3 is 0 Å². The van der Waals surface area contributed by atoms with Crippen LogP contribution in [0.3, 0.4) is 0 Å². The van der Waals surface area contributed by atoms with Gasteiger partial charge in [-0.1, -0.05) is 125 Å². The summed E-state index contributed by atoms with van der Waals surface area (Å²) < 4.78 is 0. The van der Waals surface area contributed by atoms with Crippen LogP contribution in [0.4, 0.5) is 0 Å². The van der Waals surface area contributed by atoms with E-state index >= 15 is 0 Å². The Morgan fingerprint density at radius 1 is 0.559 bits per heavy atom. The molecule has 34 heavy (non-hydrogen) atoms. The van der Waals surface area contributed by atoms with Gasteiger partial charge in [-0.2, -0.15) is 9.78 Å². The zero-order valence-corrected chi connectivity index (χ0v) is 23.8. The molecule has 0 heterocycles. The average Bonchev–Trinajstić information content (AvgIpc) is 2.81. The molecule has 1 aliphatic rings. The van der Waals surface area contributed by atoms with Crippen LogP contribution in [-0.4, -0.2) is 19.0 Å². The van der Waals surface area contributed by atoms with Crippen molar-refractivity contribution < 1.29 is 19.6 Å². The third-order valence-electron chi connectivity index (χ3n) is 7.56. The van der Waals surface area contributed by atoms with Gasteiger partial charge in [-0.25, -0.2) is 9.78 Å². The van der Waals surface area contributed by atoms with Gasteiger partial charge in [0.15, 0.2) is 0 Å². The van der Waals surface area contributed by atoms with E-state index in [1.165, 1.54) is 89.9 Å². The molecule has 4 nitrogen and oxygen atoms in total. The Morgan fingerprint density at radius 3 is 1.26 bits per heavy atom. The second kappa shape index (κ2) is 20.0. The molecule has 1 aliphatic carbocycles. The van der Waals surface area contributed by atoms with Gasteiger partial charge < -0.3 is 0 Å². The van der Waals surface area contributed by atoms with Crippen LogP contribution in [0.2, 0.25) is 0 Å². The molecule has 1 fully saturated rings. The fourth-order valence-corrected chi connectivity index (χ4v) is 4.99. The smallest absolute Gasteiger partial charge is 0.234 e. The summed E-state index contributed by atoms with van der Waals surface area (Å²) in [6.07, 6.45) is 24.5. The summed E-state index contributed by atoms with van der Waals surface area (Å²) in [4.78, 5) is 23.2. The van der Waals surface area contributed by atoms with Gasteiger partial charge in [0.2, 0.25) is 5.79 Å². The van der Waals surface area contributed by atoms with E-state index < -0.39 is 5.79 Å². The van der Waals surface area contributed by atoms with Crippen molar-refractivity contribution in [2.45, 2.75) is 169 Å². The first kappa shape index (κ1) is 31.9. The first-order chi connectivity index (χ1) is 16.4. The Morgan fingerprint density at radius 2 is 0.912 bits per heavy atom. The summed E-state index contributed by atoms with van der Waals surface area (Å²) in [7, 11) is 0. The van der Waals surface area contributed by atoms with Crippen LogP contribution < -0.4 is 0 Å². The summed E-state index contributed by atoms with van der Waals surface area (Å²) >= 11 is 0. The summed E-state index contributed by atoms with van der Waals surface area (Å²) in [6, 6.07) is 0. The fraction of sp³-hybridized carbons (Fsp3) is 1.00. The van der Waals surface area contributed by atoms with E-state index in [1.807, 2.05) is 0 Å². The molecule has 0 aliphatic heterocycles. The monoisotopic (exact) mass is 484 g/mol. The van der Waals surface area contributed by atoms with E-state index in [-0.39, 0.29) is 0 Å². The topological polar surface area (TPSA) is 36.9 Å². The molecular formula is C30H60O4. The molecule has 0 atom stereocenters. The van der Waals surface area contributed by atoms with Crippen LogP contribution in [0.1, 0.15) is 163 Å². The van der Waals surface area contributed by atoms with Crippen molar-refractivity contribution in [1.82, 2.24) is 0 Å². The van der Waals surface area contributed by atoms with Crippen LogP contribution in [0.25, 0.3) is 0 Å². The number of unbranched alkanes of at least 4 members (excludes halogenated alkanes) is 14. The molecule has 0 spiro atoms. The van der Waals surface area contributed by atoms with Gasteiger partial charge in [-0.05, 0) is 37.0 Å². The molecule has 0 N–H and O–H groups in total. The van der Waals surface area contributed by atoms with E-state index in [0.29, 0.717) is 24.5 Å². The van der Waals surface area contributed by atoms with Gasteiger partial charge in [0, 0.05) is 12.8 Å². The van der Waals surface area contributed by atoms with E-state index in [1.54, 1.807) is 0 Å². The standard InChI is InChI=1S/C30H60O4/c1-6-8-10-12-14-16-18-20-26-31-33-30(24-22-28(23-25-30)29(3,4)5)34-32-27-21-19-17-15-13-11-9-7-2/h28H,6-27H2,1-5H3. The summed E-state index contributed by atoms with van der Waals surface area (Å²) in [5.41, 5.74) is 0.322. The highest BCUT2D eigenvalue weighted by Crippen LogP contribution is 2.43. The Hall–Kier alpha value is -0.160. The van der Waals surface area contributed by atoms with Gasteiger partial charge in [-0.15, -0.1) is 0 Å². The summed E-state index contributed by atoms with van der Waals surface area (Å²) in [5, 5.41) is 0. The molecule has 0 bridgehead atoms. The second-order valence-corrected chi connectivity index (χ2v) is 11.8. The van der Waals surface area contributed by atoms with E-state index in [2.05, 4.69) is 34.6 Å². The highest BCUT2D eigenvalue weighted by Gasteiger charge is 2.43. The molecule has 0 amide bonds. The summed E-state index contributed by atoms with van der Waals surface area (Å²) in [6.45, 7) is 12.8. The Bertz CT molecular complexity index is 412. The minimum Gasteiger partial charge on any atom is -0.234 e. The molecule has 204 valence electrons. The normalized spacial score (nSPS) is 16.9. The van der Waals surface area contributed by atoms with E-state index in [9.17, 15) is 0 Å². The molecule has 1 saturated carbocycles. The molecule has 0 aromatic rings. The van der Waals surface area contributed by atoms with Crippen molar-refractivity contribution in [1.29, 1.82) is 0 Å².